The van der Waals surface area contributed by atoms with E-state index in [1.54, 1.807) is 0 Å². The molecule has 4 atom stereocenters. The van der Waals surface area contributed by atoms with Gasteiger partial charge in [0.2, 0.25) is 0 Å². The summed E-state index contributed by atoms with van der Waals surface area (Å²) in [4.78, 5) is 0. The van der Waals surface area contributed by atoms with Crippen LogP contribution in [0.2, 0.25) is 0 Å². The lowest BCUT2D eigenvalue weighted by molar-refractivity contribution is 0.164. The zero-order chi connectivity index (χ0) is 8.55. The molecule has 0 aromatic rings. The Morgan fingerprint density at radius 2 is 2.17 bits per heavy atom. The molecule has 0 heterocycles. The van der Waals surface area contributed by atoms with Crippen molar-refractivity contribution in [3.63, 3.8) is 0 Å². The highest BCUT2D eigenvalue weighted by atomic mass is 16.3. The molecule has 2 fully saturated rings. The Morgan fingerprint density at radius 3 is 2.67 bits per heavy atom. The molecule has 4 unspecified atom stereocenters. The monoisotopic (exact) mass is 168 g/mol. The lowest BCUT2D eigenvalue weighted by Gasteiger charge is -2.21. The van der Waals surface area contributed by atoms with Crippen LogP contribution in [0.4, 0.5) is 0 Å². The van der Waals surface area contributed by atoms with Crippen molar-refractivity contribution in [2.45, 2.75) is 51.6 Å². The average molecular weight is 168 g/mol. The molecule has 2 aliphatic rings. The smallest absolute Gasteiger partial charge is 0.0512 e. The van der Waals surface area contributed by atoms with Gasteiger partial charge in [0, 0.05) is 0 Å². The summed E-state index contributed by atoms with van der Waals surface area (Å²) >= 11 is 0. The van der Waals surface area contributed by atoms with Gasteiger partial charge in [-0.2, -0.15) is 0 Å². The van der Waals surface area contributed by atoms with Gasteiger partial charge in [0.25, 0.3) is 0 Å². The summed E-state index contributed by atoms with van der Waals surface area (Å²) in [6, 6.07) is 0. The zero-order valence-corrected chi connectivity index (χ0v) is 8.00. The van der Waals surface area contributed by atoms with Gasteiger partial charge in [-0.25, -0.2) is 0 Å². The fraction of sp³-hybridized carbons (Fsp3) is 1.00. The molecule has 0 radical (unpaired) electrons. The Hall–Kier alpha value is -0.0400. The number of hydrogen-bond donors (Lipinski definition) is 1. The maximum atomic E-state index is 9.18. The molecule has 1 N–H and O–H groups in total. The quantitative estimate of drug-likeness (QED) is 0.686. The second kappa shape index (κ2) is 3.37. The van der Waals surface area contributed by atoms with Crippen LogP contribution in [0, 0.1) is 17.8 Å². The molecular formula is C11H20O. The summed E-state index contributed by atoms with van der Waals surface area (Å²) in [5.41, 5.74) is 0. The highest BCUT2D eigenvalue weighted by Crippen LogP contribution is 2.49. The van der Waals surface area contributed by atoms with Crippen LogP contribution in [-0.2, 0) is 0 Å². The van der Waals surface area contributed by atoms with Crippen LogP contribution in [-0.4, -0.2) is 11.2 Å². The van der Waals surface area contributed by atoms with Crippen molar-refractivity contribution in [1.29, 1.82) is 0 Å². The normalized spacial score (nSPS) is 42.0. The van der Waals surface area contributed by atoms with Gasteiger partial charge < -0.3 is 5.11 Å². The molecule has 1 heteroatoms. The third-order valence-electron chi connectivity index (χ3n) is 3.84. The molecule has 2 rings (SSSR count). The first kappa shape index (κ1) is 8.55. The van der Waals surface area contributed by atoms with Gasteiger partial charge >= 0.3 is 0 Å². The standard InChI is InChI=1S/C11H20O/c1-8(12)2-4-10-6-9-3-5-11(10)7-9/h8-12H,2-7H2,1H3. The summed E-state index contributed by atoms with van der Waals surface area (Å²) in [6.45, 7) is 1.91. The van der Waals surface area contributed by atoms with Crippen LogP contribution in [0.5, 0.6) is 0 Å². The van der Waals surface area contributed by atoms with Crippen molar-refractivity contribution in [2.24, 2.45) is 17.8 Å². The molecule has 12 heavy (non-hydrogen) atoms. The van der Waals surface area contributed by atoms with Crippen molar-refractivity contribution in [3.8, 4) is 0 Å². The summed E-state index contributed by atoms with van der Waals surface area (Å²) in [5, 5.41) is 9.18. The van der Waals surface area contributed by atoms with Crippen molar-refractivity contribution in [2.75, 3.05) is 0 Å². The molecule has 2 aliphatic carbocycles. The molecule has 0 aliphatic heterocycles. The molecule has 0 saturated heterocycles. The minimum Gasteiger partial charge on any atom is -0.393 e. The molecule has 2 bridgehead atoms. The van der Waals surface area contributed by atoms with Crippen LogP contribution >= 0.6 is 0 Å². The van der Waals surface area contributed by atoms with Crippen LogP contribution in [0.3, 0.4) is 0 Å². The van der Waals surface area contributed by atoms with E-state index in [9.17, 15) is 5.11 Å². The predicted molar refractivity (Wildman–Crippen MR) is 49.9 cm³/mol. The number of fused-ring (bicyclic) bond motifs is 2. The van der Waals surface area contributed by atoms with E-state index in [-0.39, 0.29) is 6.10 Å². The fourth-order valence-corrected chi connectivity index (χ4v) is 3.19. The maximum Gasteiger partial charge on any atom is 0.0512 e. The third-order valence-corrected chi connectivity index (χ3v) is 3.84. The minimum atomic E-state index is -0.0795. The van der Waals surface area contributed by atoms with E-state index in [0.29, 0.717) is 0 Å². The number of aliphatic hydroxyl groups is 1. The van der Waals surface area contributed by atoms with E-state index >= 15 is 0 Å². The van der Waals surface area contributed by atoms with Crippen LogP contribution in [0.1, 0.15) is 45.4 Å². The molecule has 0 aromatic carbocycles. The van der Waals surface area contributed by atoms with Gasteiger partial charge in [0.15, 0.2) is 0 Å². The lowest BCUT2D eigenvalue weighted by atomic mass is 9.85. The SMILES string of the molecule is CC(O)CCC1CC2CCC1C2. The van der Waals surface area contributed by atoms with Gasteiger partial charge in [-0.3, -0.25) is 0 Å². The van der Waals surface area contributed by atoms with Crippen molar-refractivity contribution >= 4 is 0 Å². The highest BCUT2D eigenvalue weighted by Gasteiger charge is 2.38. The Morgan fingerprint density at radius 1 is 1.33 bits per heavy atom. The third kappa shape index (κ3) is 1.66. The summed E-state index contributed by atoms with van der Waals surface area (Å²) in [6.07, 6.45) is 8.17. The molecular weight excluding hydrogens is 148 g/mol. The summed E-state index contributed by atoms with van der Waals surface area (Å²) in [5.74, 6) is 3.07. The average Bonchev–Trinajstić information content (AvgIpc) is 2.60. The van der Waals surface area contributed by atoms with E-state index in [4.69, 9.17) is 0 Å². The van der Waals surface area contributed by atoms with E-state index in [2.05, 4.69) is 0 Å². The van der Waals surface area contributed by atoms with E-state index in [1.807, 2.05) is 6.92 Å². The first-order valence-electron chi connectivity index (χ1n) is 5.43. The maximum absolute atomic E-state index is 9.18. The van der Waals surface area contributed by atoms with Gasteiger partial charge in [-0.15, -0.1) is 0 Å². The second-order valence-corrected chi connectivity index (χ2v) is 4.86. The molecule has 0 spiro atoms. The van der Waals surface area contributed by atoms with Crippen molar-refractivity contribution < 1.29 is 5.11 Å². The van der Waals surface area contributed by atoms with Crippen molar-refractivity contribution in [3.05, 3.63) is 0 Å². The van der Waals surface area contributed by atoms with Crippen LogP contribution < -0.4 is 0 Å². The Labute approximate surface area is 75.2 Å². The molecule has 0 amide bonds. The first-order chi connectivity index (χ1) is 5.75. The topological polar surface area (TPSA) is 20.2 Å². The fourth-order valence-electron chi connectivity index (χ4n) is 3.19. The Balaban J connectivity index is 1.76. The Bertz CT molecular complexity index is 153. The lowest BCUT2D eigenvalue weighted by Crippen LogP contribution is -2.12. The predicted octanol–water partition coefficient (Wildman–Crippen LogP) is 2.58. The second-order valence-electron chi connectivity index (χ2n) is 4.86. The highest BCUT2D eigenvalue weighted by molar-refractivity contribution is 4.89. The molecule has 70 valence electrons. The van der Waals surface area contributed by atoms with E-state index in [1.165, 1.54) is 32.1 Å². The van der Waals surface area contributed by atoms with Gasteiger partial charge in [-0.1, -0.05) is 6.42 Å². The van der Waals surface area contributed by atoms with Gasteiger partial charge in [-0.05, 0) is 56.8 Å². The Kier molecular flexibility index (Phi) is 2.40. The number of rotatable bonds is 3. The minimum absolute atomic E-state index is 0.0795. The van der Waals surface area contributed by atoms with Crippen molar-refractivity contribution in [1.82, 2.24) is 0 Å². The summed E-state index contributed by atoms with van der Waals surface area (Å²) in [7, 11) is 0. The largest absolute Gasteiger partial charge is 0.393 e. The van der Waals surface area contributed by atoms with Crippen LogP contribution in [0.15, 0.2) is 0 Å². The van der Waals surface area contributed by atoms with E-state index in [0.717, 1.165) is 24.2 Å². The van der Waals surface area contributed by atoms with E-state index < -0.39 is 0 Å². The molecule has 1 nitrogen and oxygen atoms in total. The number of aliphatic hydroxyl groups excluding tert-OH is 1. The van der Waals surface area contributed by atoms with Gasteiger partial charge in [0.1, 0.15) is 0 Å². The first-order valence-corrected chi connectivity index (χ1v) is 5.43. The van der Waals surface area contributed by atoms with Crippen LogP contribution in [0.25, 0.3) is 0 Å². The zero-order valence-electron chi connectivity index (χ0n) is 8.00. The summed E-state index contributed by atoms with van der Waals surface area (Å²) < 4.78 is 0. The molecule has 0 aromatic heterocycles. The number of hydrogen-bond acceptors (Lipinski definition) is 1. The molecule has 2 saturated carbocycles. The van der Waals surface area contributed by atoms with Gasteiger partial charge in [0.05, 0.1) is 6.10 Å².